The molecule has 0 saturated heterocycles. The van der Waals surface area contributed by atoms with Crippen molar-refractivity contribution in [3.63, 3.8) is 0 Å². The second-order valence-corrected chi connectivity index (χ2v) is 10.4. The van der Waals surface area contributed by atoms with E-state index in [0.29, 0.717) is 34.5 Å². The molecule has 5 aromatic rings. The Balaban J connectivity index is 1.36. The predicted molar refractivity (Wildman–Crippen MR) is 169 cm³/mol. The van der Waals surface area contributed by atoms with Gasteiger partial charge in [0.05, 0.1) is 6.54 Å². The summed E-state index contributed by atoms with van der Waals surface area (Å²) in [6, 6.07) is 40.3. The highest BCUT2D eigenvalue weighted by atomic mass is 16.4. The Morgan fingerprint density at radius 1 is 0.674 bits per heavy atom. The predicted octanol–water partition coefficient (Wildman–Crippen LogP) is 6.97. The van der Waals surface area contributed by atoms with Crippen molar-refractivity contribution in [2.24, 2.45) is 0 Å². The van der Waals surface area contributed by atoms with E-state index in [1.807, 2.05) is 60.7 Å². The van der Waals surface area contributed by atoms with Gasteiger partial charge in [0.2, 0.25) is 0 Å². The normalized spacial score (nSPS) is 12.2. The molecule has 6 nitrogen and oxygen atoms in total. The van der Waals surface area contributed by atoms with Crippen molar-refractivity contribution in [1.82, 2.24) is 5.32 Å². The van der Waals surface area contributed by atoms with Gasteiger partial charge in [0.25, 0.3) is 0 Å². The average Bonchev–Trinajstić information content (AvgIpc) is 3.05. The molecule has 0 heterocycles. The lowest BCUT2D eigenvalue weighted by atomic mass is 9.89. The first-order valence-electron chi connectivity index (χ1n) is 14.0. The highest BCUT2D eigenvalue weighted by molar-refractivity contribution is 6.12. The zero-order chi connectivity index (χ0) is 30.2. The van der Waals surface area contributed by atoms with Crippen LogP contribution < -0.4 is 10.6 Å². The number of nitrogens with one attached hydrogen (secondary N) is 2. The average molecular weight is 569 g/mol. The topological polar surface area (TPSA) is 95.5 Å². The van der Waals surface area contributed by atoms with Gasteiger partial charge in [0, 0.05) is 28.9 Å². The number of carbonyl (C=O) groups is 3. The third-order valence-electron chi connectivity index (χ3n) is 7.51. The number of benzene rings is 5. The number of Topliss-reactive ketones (excluding diaryl/α,β-unsaturated/α-hetero) is 1. The number of hydrogen-bond acceptors (Lipinski definition) is 5. The van der Waals surface area contributed by atoms with Crippen LogP contribution >= 0.6 is 0 Å². The molecule has 0 amide bonds. The van der Waals surface area contributed by atoms with E-state index in [-0.39, 0.29) is 18.1 Å². The van der Waals surface area contributed by atoms with E-state index in [1.165, 1.54) is 0 Å². The zero-order valence-corrected chi connectivity index (χ0v) is 23.8. The summed E-state index contributed by atoms with van der Waals surface area (Å²) in [6.45, 7) is 2.31. The van der Waals surface area contributed by atoms with Crippen LogP contribution in [0.25, 0.3) is 11.1 Å². The van der Waals surface area contributed by atoms with Crippen LogP contribution in [0.1, 0.15) is 44.3 Å². The summed E-state index contributed by atoms with van der Waals surface area (Å²) in [7, 11) is 0. The van der Waals surface area contributed by atoms with E-state index in [1.54, 1.807) is 79.7 Å². The maximum absolute atomic E-state index is 13.3. The molecular weight excluding hydrogens is 536 g/mol. The van der Waals surface area contributed by atoms with E-state index >= 15 is 0 Å². The molecule has 0 aliphatic rings. The van der Waals surface area contributed by atoms with Crippen LogP contribution in [0.5, 0.6) is 0 Å². The summed E-state index contributed by atoms with van der Waals surface area (Å²) in [5, 5.41) is 16.8. The Labute approximate surface area is 251 Å². The molecule has 0 spiro atoms. The quantitative estimate of drug-likeness (QED) is 0.141. The number of anilines is 1. The molecule has 3 N–H and O–H groups in total. The number of hydrogen-bond donors (Lipinski definition) is 3. The van der Waals surface area contributed by atoms with Crippen LogP contribution in [0.2, 0.25) is 0 Å². The van der Waals surface area contributed by atoms with Gasteiger partial charge in [-0.25, -0.2) is 4.79 Å². The van der Waals surface area contributed by atoms with Gasteiger partial charge in [0.1, 0.15) is 0 Å². The maximum Gasteiger partial charge on any atom is 0.333 e. The minimum absolute atomic E-state index is 0.0231. The number of para-hydroxylation sites is 1. The van der Waals surface area contributed by atoms with Crippen LogP contribution in [0.15, 0.2) is 133 Å². The van der Waals surface area contributed by atoms with Crippen LogP contribution in [0, 0.1) is 0 Å². The zero-order valence-electron chi connectivity index (χ0n) is 23.8. The second kappa shape index (κ2) is 13.1. The van der Waals surface area contributed by atoms with Crippen LogP contribution in [0.3, 0.4) is 0 Å². The summed E-state index contributed by atoms with van der Waals surface area (Å²) in [4.78, 5) is 38.4. The fourth-order valence-corrected chi connectivity index (χ4v) is 5.03. The lowest BCUT2D eigenvalue weighted by Gasteiger charge is -2.29. The first-order chi connectivity index (χ1) is 20.9. The second-order valence-electron chi connectivity index (χ2n) is 10.4. The monoisotopic (exact) mass is 568 g/mol. The van der Waals surface area contributed by atoms with E-state index in [2.05, 4.69) is 10.6 Å². The first kappa shape index (κ1) is 29.2. The van der Waals surface area contributed by atoms with Crippen molar-refractivity contribution in [2.75, 3.05) is 11.9 Å². The van der Waals surface area contributed by atoms with E-state index in [4.69, 9.17) is 0 Å². The highest BCUT2D eigenvalue weighted by Gasteiger charge is 2.36. The Hall–Kier alpha value is -5.33. The van der Waals surface area contributed by atoms with E-state index < -0.39 is 11.5 Å². The molecular formula is C37H32N2O4. The summed E-state index contributed by atoms with van der Waals surface area (Å²) in [6.07, 6.45) is 0. The van der Waals surface area contributed by atoms with Crippen molar-refractivity contribution >= 4 is 23.2 Å². The minimum atomic E-state index is -1.51. The van der Waals surface area contributed by atoms with E-state index in [9.17, 15) is 19.5 Å². The maximum atomic E-state index is 13.3. The molecule has 6 heteroatoms. The van der Waals surface area contributed by atoms with Crippen molar-refractivity contribution in [1.29, 1.82) is 0 Å². The van der Waals surface area contributed by atoms with Gasteiger partial charge in [-0.1, -0.05) is 121 Å². The molecule has 0 bridgehead atoms. The van der Waals surface area contributed by atoms with Crippen LogP contribution in [-0.2, 0) is 16.9 Å². The lowest BCUT2D eigenvalue weighted by Crippen LogP contribution is -2.40. The van der Waals surface area contributed by atoms with Gasteiger partial charge < -0.3 is 15.7 Å². The van der Waals surface area contributed by atoms with Gasteiger partial charge in [-0.15, -0.1) is 0 Å². The molecule has 0 aromatic heterocycles. The summed E-state index contributed by atoms with van der Waals surface area (Å²) < 4.78 is 0. The van der Waals surface area contributed by atoms with Crippen LogP contribution in [-0.4, -0.2) is 29.2 Å². The third kappa shape index (κ3) is 6.61. The number of ketones is 2. The molecule has 0 radical (unpaired) electrons. The lowest BCUT2D eigenvalue weighted by molar-refractivity contribution is -0.142. The molecule has 0 aliphatic heterocycles. The van der Waals surface area contributed by atoms with Gasteiger partial charge in [0.15, 0.2) is 17.1 Å². The van der Waals surface area contributed by atoms with Crippen molar-refractivity contribution in [3.8, 4) is 11.1 Å². The summed E-state index contributed by atoms with van der Waals surface area (Å²) in [5.74, 6) is -1.24. The Kier molecular flexibility index (Phi) is 8.89. The fraction of sp³-hybridized carbons (Fsp3) is 0.108. The van der Waals surface area contributed by atoms with Crippen LogP contribution in [0.4, 0.5) is 5.69 Å². The number of carbonyl (C=O) groups excluding carboxylic acids is 2. The highest BCUT2D eigenvalue weighted by Crippen LogP contribution is 2.32. The molecule has 0 aliphatic carbocycles. The Morgan fingerprint density at radius 2 is 1.26 bits per heavy atom. The molecule has 43 heavy (non-hydrogen) atoms. The summed E-state index contributed by atoms with van der Waals surface area (Å²) in [5.41, 5.74) is 3.97. The first-order valence-corrected chi connectivity index (χ1v) is 14.0. The number of aliphatic carboxylic acids is 1. The van der Waals surface area contributed by atoms with Crippen molar-refractivity contribution < 1.29 is 19.5 Å². The number of carboxylic acids is 1. The molecule has 214 valence electrons. The molecule has 5 rings (SSSR count). The molecule has 5 aromatic carbocycles. The van der Waals surface area contributed by atoms with Gasteiger partial charge in [-0.2, -0.15) is 0 Å². The van der Waals surface area contributed by atoms with Gasteiger partial charge in [-0.05, 0) is 41.3 Å². The third-order valence-corrected chi connectivity index (χ3v) is 7.51. The van der Waals surface area contributed by atoms with Gasteiger partial charge in [-0.3, -0.25) is 9.59 Å². The van der Waals surface area contributed by atoms with Crippen molar-refractivity contribution in [3.05, 3.63) is 161 Å². The Morgan fingerprint density at radius 3 is 1.93 bits per heavy atom. The minimum Gasteiger partial charge on any atom is -0.479 e. The Bertz CT molecular complexity index is 1730. The molecule has 0 fully saturated rings. The fourth-order valence-electron chi connectivity index (χ4n) is 5.03. The standard InChI is InChI=1S/C37H32N2O4/c1-37(36(42)43,39-33-19-11-10-18-32(33)35(41)28-14-6-3-7-15-28)30-22-20-26(21-23-30)31-17-9-8-16-29(31)24-38-25-34(40)27-12-4-2-5-13-27/h2-23,38-39H,24-25H2,1H3,(H,42,43). The number of carboxylic acid groups (broad SMARTS) is 1. The summed E-state index contributed by atoms with van der Waals surface area (Å²) >= 11 is 0. The van der Waals surface area contributed by atoms with Crippen molar-refractivity contribution in [2.45, 2.75) is 19.0 Å². The largest absolute Gasteiger partial charge is 0.479 e. The van der Waals surface area contributed by atoms with E-state index in [0.717, 1.165) is 16.7 Å². The van der Waals surface area contributed by atoms with Gasteiger partial charge >= 0.3 is 5.97 Å². The number of rotatable bonds is 12. The SMILES string of the molecule is CC(Nc1ccccc1C(=O)c1ccccc1)(C(=O)O)c1ccc(-c2ccccc2CNCC(=O)c2ccccc2)cc1. The molecule has 1 unspecified atom stereocenters. The molecule has 0 saturated carbocycles. The molecule has 1 atom stereocenters. The smallest absolute Gasteiger partial charge is 0.333 e.